The summed E-state index contributed by atoms with van der Waals surface area (Å²) in [7, 11) is 1.79. The first-order valence-corrected chi connectivity index (χ1v) is 8.46. The topological polar surface area (TPSA) is 36.4 Å². The van der Waals surface area contributed by atoms with Crippen LogP contribution in [0.25, 0.3) is 0 Å². The van der Waals surface area contributed by atoms with Gasteiger partial charge in [-0.2, -0.15) is 0 Å². The summed E-state index contributed by atoms with van der Waals surface area (Å²) < 4.78 is 13.1. The van der Waals surface area contributed by atoms with Crippen LogP contribution in [0.1, 0.15) is 24.0 Å². The summed E-state index contributed by atoms with van der Waals surface area (Å²) in [5.74, 6) is 0.639. The Balaban J connectivity index is 1.48. The van der Waals surface area contributed by atoms with Gasteiger partial charge in [-0.25, -0.2) is 4.39 Å². The molecule has 2 aromatic rings. The zero-order valence-electron chi connectivity index (χ0n) is 14.1. The third kappa shape index (κ3) is 4.13. The van der Waals surface area contributed by atoms with Crippen LogP contribution in [0, 0.1) is 5.82 Å². The van der Waals surface area contributed by atoms with Crippen molar-refractivity contribution in [2.24, 2.45) is 4.99 Å². The summed E-state index contributed by atoms with van der Waals surface area (Å²) in [6.45, 7) is 1.66. The van der Waals surface area contributed by atoms with Crippen LogP contribution in [-0.4, -0.2) is 26.1 Å². The largest absolute Gasteiger partial charge is 0.356 e. The molecule has 2 aromatic carbocycles. The van der Waals surface area contributed by atoms with Gasteiger partial charge in [0, 0.05) is 25.6 Å². The molecule has 1 fully saturated rings. The molecule has 0 bridgehead atoms. The minimum atomic E-state index is -0.180. The number of rotatable bonds is 6. The summed E-state index contributed by atoms with van der Waals surface area (Å²) in [6.07, 6.45) is 3.23. The molecule has 0 atom stereocenters. The molecule has 0 unspecified atom stereocenters. The maximum atomic E-state index is 13.1. The van der Waals surface area contributed by atoms with E-state index in [1.54, 1.807) is 19.2 Å². The standard InChI is InChI=1S/C20H24FN3/c1-22-19(23-14-11-16-5-3-2-4-6-16)24-15-20(12-13-20)17-7-9-18(21)10-8-17/h2-10H,11-15H2,1H3,(H2,22,23,24). The smallest absolute Gasteiger partial charge is 0.191 e. The van der Waals surface area contributed by atoms with Gasteiger partial charge < -0.3 is 10.6 Å². The van der Waals surface area contributed by atoms with Crippen LogP contribution in [0.2, 0.25) is 0 Å². The zero-order chi connectivity index (χ0) is 16.8. The molecule has 126 valence electrons. The Kier molecular flexibility index (Phi) is 5.14. The first-order chi connectivity index (χ1) is 11.7. The van der Waals surface area contributed by atoms with E-state index >= 15 is 0 Å². The number of benzene rings is 2. The number of nitrogens with one attached hydrogen (secondary N) is 2. The molecule has 0 aromatic heterocycles. The highest BCUT2D eigenvalue weighted by Crippen LogP contribution is 2.47. The fourth-order valence-corrected chi connectivity index (χ4v) is 2.97. The Morgan fingerprint density at radius 3 is 2.38 bits per heavy atom. The highest BCUT2D eigenvalue weighted by Gasteiger charge is 2.44. The third-order valence-electron chi connectivity index (χ3n) is 4.68. The summed E-state index contributed by atoms with van der Waals surface area (Å²) >= 11 is 0. The molecule has 0 radical (unpaired) electrons. The molecular weight excluding hydrogens is 301 g/mol. The molecular formula is C20H24FN3. The first-order valence-electron chi connectivity index (χ1n) is 8.46. The van der Waals surface area contributed by atoms with E-state index in [2.05, 4.69) is 39.9 Å². The molecule has 24 heavy (non-hydrogen) atoms. The monoisotopic (exact) mass is 325 g/mol. The minimum absolute atomic E-state index is 0.130. The number of guanidine groups is 1. The van der Waals surface area contributed by atoms with E-state index in [-0.39, 0.29) is 11.2 Å². The maximum Gasteiger partial charge on any atom is 0.191 e. The molecule has 3 nitrogen and oxygen atoms in total. The van der Waals surface area contributed by atoms with Crippen molar-refractivity contribution >= 4 is 5.96 Å². The van der Waals surface area contributed by atoms with Gasteiger partial charge in [0.05, 0.1) is 0 Å². The maximum absolute atomic E-state index is 13.1. The van der Waals surface area contributed by atoms with E-state index in [0.29, 0.717) is 0 Å². The van der Waals surface area contributed by atoms with Gasteiger partial charge in [0.1, 0.15) is 5.82 Å². The molecule has 1 aliphatic carbocycles. The zero-order valence-corrected chi connectivity index (χ0v) is 14.1. The predicted molar refractivity (Wildman–Crippen MR) is 96.8 cm³/mol. The lowest BCUT2D eigenvalue weighted by Gasteiger charge is -2.19. The van der Waals surface area contributed by atoms with Gasteiger partial charge >= 0.3 is 0 Å². The number of hydrogen-bond acceptors (Lipinski definition) is 1. The lowest BCUT2D eigenvalue weighted by atomic mass is 9.96. The highest BCUT2D eigenvalue weighted by atomic mass is 19.1. The first kappa shape index (κ1) is 16.5. The molecule has 0 heterocycles. The Morgan fingerprint density at radius 2 is 1.75 bits per heavy atom. The van der Waals surface area contributed by atoms with E-state index in [9.17, 15) is 4.39 Å². The molecule has 1 aliphatic rings. The Bertz CT molecular complexity index is 676. The van der Waals surface area contributed by atoms with Crippen molar-refractivity contribution < 1.29 is 4.39 Å². The fraction of sp³-hybridized carbons (Fsp3) is 0.350. The summed E-state index contributed by atoms with van der Waals surface area (Å²) in [4.78, 5) is 4.29. The van der Waals surface area contributed by atoms with Crippen molar-refractivity contribution in [3.8, 4) is 0 Å². The molecule has 0 saturated heterocycles. The van der Waals surface area contributed by atoms with Gasteiger partial charge in [0.15, 0.2) is 5.96 Å². The van der Waals surface area contributed by atoms with Gasteiger partial charge in [-0.05, 0) is 42.5 Å². The third-order valence-corrected chi connectivity index (χ3v) is 4.68. The molecule has 4 heteroatoms. The van der Waals surface area contributed by atoms with Gasteiger partial charge in [0.25, 0.3) is 0 Å². The summed E-state index contributed by atoms with van der Waals surface area (Å²) in [6, 6.07) is 17.3. The Labute approximate surface area is 143 Å². The van der Waals surface area contributed by atoms with Gasteiger partial charge in [0.2, 0.25) is 0 Å². The molecule has 0 aliphatic heterocycles. The normalized spacial score (nSPS) is 15.8. The van der Waals surface area contributed by atoms with Crippen molar-refractivity contribution in [3.63, 3.8) is 0 Å². The van der Waals surface area contributed by atoms with Gasteiger partial charge in [-0.3, -0.25) is 4.99 Å². The van der Waals surface area contributed by atoms with Crippen molar-refractivity contribution in [2.75, 3.05) is 20.1 Å². The van der Waals surface area contributed by atoms with Gasteiger partial charge in [-0.1, -0.05) is 42.5 Å². The quantitative estimate of drug-likeness (QED) is 0.632. The highest BCUT2D eigenvalue weighted by molar-refractivity contribution is 5.79. The summed E-state index contributed by atoms with van der Waals surface area (Å²) in [5, 5.41) is 6.77. The fourth-order valence-electron chi connectivity index (χ4n) is 2.97. The lowest BCUT2D eigenvalue weighted by molar-refractivity contribution is 0.617. The average Bonchev–Trinajstić information content (AvgIpc) is 3.40. The minimum Gasteiger partial charge on any atom is -0.356 e. The van der Waals surface area contributed by atoms with Crippen LogP contribution in [0.15, 0.2) is 59.6 Å². The van der Waals surface area contributed by atoms with E-state index in [0.717, 1.165) is 38.3 Å². The van der Waals surface area contributed by atoms with Crippen LogP contribution in [0.3, 0.4) is 0 Å². The molecule has 0 spiro atoms. The van der Waals surface area contributed by atoms with Crippen molar-refractivity contribution in [1.29, 1.82) is 0 Å². The number of nitrogens with zero attached hydrogens (tertiary/aromatic N) is 1. The predicted octanol–water partition coefficient (Wildman–Crippen LogP) is 3.27. The van der Waals surface area contributed by atoms with Crippen molar-refractivity contribution in [3.05, 3.63) is 71.5 Å². The summed E-state index contributed by atoms with van der Waals surface area (Å²) in [5.41, 5.74) is 2.65. The van der Waals surface area contributed by atoms with E-state index < -0.39 is 0 Å². The second kappa shape index (κ2) is 7.47. The second-order valence-electron chi connectivity index (χ2n) is 6.38. The molecule has 1 saturated carbocycles. The average molecular weight is 325 g/mol. The molecule has 0 amide bonds. The SMILES string of the molecule is CN=C(NCCc1ccccc1)NCC1(c2ccc(F)cc2)CC1. The Morgan fingerprint density at radius 1 is 1.04 bits per heavy atom. The van der Waals surface area contributed by atoms with E-state index in [1.807, 2.05) is 18.2 Å². The number of halogens is 1. The van der Waals surface area contributed by atoms with Gasteiger partial charge in [-0.15, -0.1) is 0 Å². The lowest BCUT2D eigenvalue weighted by Crippen LogP contribution is -2.41. The van der Waals surface area contributed by atoms with Crippen LogP contribution in [0.4, 0.5) is 4.39 Å². The Hall–Kier alpha value is -2.36. The van der Waals surface area contributed by atoms with Crippen LogP contribution in [0.5, 0.6) is 0 Å². The van der Waals surface area contributed by atoms with E-state index in [4.69, 9.17) is 0 Å². The van der Waals surface area contributed by atoms with Crippen LogP contribution in [-0.2, 0) is 11.8 Å². The van der Waals surface area contributed by atoms with Crippen LogP contribution >= 0.6 is 0 Å². The van der Waals surface area contributed by atoms with Crippen LogP contribution < -0.4 is 10.6 Å². The van der Waals surface area contributed by atoms with Crippen molar-refractivity contribution in [2.45, 2.75) is 24.7 Å². The van der Waals surface area contributed by atoms with E-state index in [1.165, 1.54) is 11.1 Å². The number of hydrogen-bond donors (Lipinski definition) is 2. The van der Waals surface area contributed by atoms with Crippen molar-refractivity contribution in [1.82, 2.24) is 10.6 Å². The number of aliphatic imine (C=N–C) groups is 1. The molecule has 3 rings (SSSR count). The second-order valence-corrected chi connectivity index (χ2v) is 6.38. The molecule has 2 N–H and O–H groups in total.